The largest absolute Gasteiger partial charge is 0.276 e. The summed E-state index contributed by atoms with van der Waals surface area (Å²) in [6.45, 7) is 1.97. The van der Waals surface area contributed by atoms with Crippen molar-refractivity contribution in [2.75, 3.05) is 20.1 Å². The minimum absolute atomic E-state index is 0.811. The Morgan fingerprint density at radius 1 is 1.36 bits per heavy atom. The molecule has 1 aliphatic heterocycles. The maximum absolute atomic E-state index is 10.5. The summed E-state index contributed by atoms with van der Waals surface area (Å²) in [5.41, 5.74) is 2.81. The number of rotatable bonds is 3. The number of nitrogens with one attached hydrogen (secondary N) is 1. The molecular weight excluding hydrogens is 142 g/mol. The zero-order valence-corrected chi connectivity index (χ0v) is 6.92. The highest BCUT2D eigenvalue weighted by atomic mass is 16.2. The van der Waals surface area contributed by atoms with E-state index in [1.807, 2.05) is 5.01 Å². The Hall–Kier alpha value is -0.610. The summed E-state index contributed by atoms with van der Waals surface area (Å²) in [7, 11) is 1.75. The van der Waals surface area contributed by atoms with E-state index in [-0.39, 0.29) is 0 Å². The van der Waals surface area contributed by atoms with Crippen LogP contribution >= 0.6 is 0 Å². The molecule has 11 heavy (non-hydrogen) atoms. The molecule has 0 saturated carbocycles. The predicted octanol–water partition coefficient (Wildman–Crippen LogP) is -0.0199. The second kappa shape index (κ2) is 4.31. The van der Waals surface area contributed by atoms with Crippen molar-refractivity contribution in [1.29, 1.82) is 0 Å². The smallest absolute Gasteiger partial charge is 0.238 e. The second-order valence-corrected chi connectivity index (χ2v) is 2.69. The number of hydrazine groups is 2. The molecule has 0 aromatic carbocycles. The normalized spacial score (nSPS) is 19.7. The van der Waals surface area contributed by atoms with Crippen molar-refractivity contribution in [3.63, 3.8) is 0 Å². The van der Waals surface area contributed by atoms with Crippen LogP contribution in [0.25, 0.3) is 0 Å². The monoisotopic (exact) mass is 157 g/mol. The molecule has 1 fully saturated rings. The van der Waals surface area contributed by atoms with E-state index in [2.05, 4.69) is 5.43 Å². The Morgan fingerprint density at radius 3 is 2.45 bits per heavy atom. The molecule has 0 bridgehead atoms. The van der Waals surface area contributed by atoms with E-state index in [1.54, 1.807) is 7.05 Å². The van der Waals surface area contributed by atoms with E-state index in [9.17, 15) is 4.79 Å². The van der Waals surface area contributed by atoms with Crippen LogP contribution in [0.15, 0.2) is 0 Å². The third kappa shape index (κ3) is 2.17. The average molecular weight is 157 g/mol. The van der Waals surface area contributed by atoms with Crippen molar-refractivity contribution < 1.29 is 4.79 Å². The van der Waals surface area contributed by atoms with Crippen molar-refractivity contribution in [2.45, 2.75) is 19.3 Å². The first-order chi connectivity index (χ1) is 5.38. The fourth-order valence-corrected chi connectivity index (χ4v) is 1.35. The number of hydrogen-bond acceptors (Lipinski definition) is 3. The zero-order chi connectivity index (χ0) is 8.10. The van der Waals surface area contributed by atoms with Gasteiger partial charge in [0.2, 0.25) is 6.41 Å². The van der Waals surface area contributed by atoms with Gasteiger partial charge in [0, 0.05) is 20.1 Å². The molecule has 4 heteroatoms. The molecule has 0 aliphatic carbocycles. The fourth-order valence-electron chi connectivity index (χ4n) is 1.35. The van der Waals surface area contributed by atoms with E-state index in [1.165, 1.54) is 24.4 Å². The van der Waals surface area contributed by atoms with Crippen LogP contribution in [0.3, 0.4) is 0 Å². The van der Waals surface area contributed by atoms with Crippen molar-refractivity contribution in [3.05, 3.63) is 0 Å². The van der Waals surface area contributed by atoms with Gasteiger partial charge in [-0.1, -0.05) is 6.42 Å². The first-order valence-corrected chi connectivity index (χ1v) is 4.05. The highest BCUT2D eigenvalue weighted by Gasteiger charge is 2.14. The summed E-state index contributed by atoms with van der Waals surface area (Å²) >= 11 is 0. The number of hydrogen-bond donors (Lipinski definition) is 1. The summed E-state index contributed by atoms with van der Waals surface area (Å²) in [5, 5.41) is 3.54. The van der Waals surface area contributed by atoms with E-state index in [0.717, 1.165) is 19.5 Å². The van der Waals surface area contributed by atoms with Crippen LogP contribution in [-0.2, 0) is 4.79 Å². The Balaban J connectivity index is 2.35. The topological polar surface area (TPSA) is 35.6 Å². The Morgan fingerprint density at radius 2 is 2.00 bits per heavy atom. The summed E-state index contributed by atoms with van der Waals surface area (Å²) in [6, 6.07) is 0. The average Bonchev–Trinajstić information content (AvgIpc) is 2.09. The van der Waals surface area contributed by atoms with Gasteiger partial charge >= 0.3 is 0 Å². The molecule has 1 amide bonds. The van der Waals surface area contributed by atoms with Crippen molar-refractivity contribution in [3.8, 4) is 0 Å². The van der Waals surface area contributed by atoms with E-state index in [0.29, 0.717) is 0 Å². The number of carbonyl (C=O) groups excluding carboxylic acids is 1. The van der Waals surface area contributed by atoms with Crippen LogP contribution < -0.4 is 5.43 Å². The summed E-state index contributed by atoms with van der Waals surface area (Å²) < 4.78 is 0. The van der Waals surface area contributed by atoms with Crippen molar-refractivity contribution in [1.82, 2.24) is 15.6 Å². The maximum Gasteiger partial charge on any atom is 0.238 e. The molecule has 0 radical (unpaired) electrons. The third-order valence-corrected chi connectivity index (χ3v) is 1.97. The molecular formula is C7H15N3O. The van der Waals surface area contributed by atoms with Gasteiger partial charge in [0.15, 0.2) is 0 Å². The molecule has 0 aromatic rings. The van der Waals surface area contributed by atoms with Gasteiger partial charge in [-0.05, 0) is 12.8 Å². The molecule has 1 saturated heterocycles. The lowest BCUT2D eigenvalue weighted by atomic mass is 10.2. The predicted molar refractivity (Wildman–Crippen MR) is 42.4 cm³/mol. The SMILES string of the molecule is CNN(C=O)N1CCCCC1. The summed E-state index contributed by atoms with van der Waals surface area (Å²) in [4.78, 5) is 10.5. The Labute approximate surface area is 67.1 Å². The number of amides is 1. The minimum atomic E-state index is 0.811. The van der Waals surface area contributed by atoms with E-state index in [4.69, 9.17) is 0 Å². The third-order valence-electron chi connectivity index (χ3n) is 1.97. The highest BCUT2D eigenvalue weighted by Crippen LogP contribution is 2.08. The Kier molecular flexibility index (Phi) is 3.32. The molecule has 1 rings (SSSR count). The van der Waals surface area contributed by atoms with Crippen LogP contribution in [0.2, 0.25) is 0 Å². The van der Waals surface area contributed by atoms with Gasteiger partial charge in [-0.2, -0.15) is 0 Å². The molecule has 4 nitrogen and oxygen atoms in total. The Bertz CT molecular complexity index is 123. The molecule has 0 aromatic heterocycles. The first kappa shape index (κ1) is 8.49. The lowest BCUT2D eigenvalue weighted by Gasteiger charge is -2.33. The maximum atomic E-state index is 10.5. The highest BCUT2D eigenvalue weighted by molar-refractivity contribution is 5.45. The van der Waals surface area contributed by atoms with Gasteiger partial charge in [-0.25, -0.2) is 15.6 Å². The molecule has 0 unspecified atom stereocenters. The number of nitrogens with zero attached hydrogens (tertiary/aromatic N) is 2. The lowest BCUT2D eigenvalue weighted by Crippen LogP contribution is -2.50. The van der Waals surface area contributed by atoms with Crippen molar-refractivity contribution >= 4 is 6.41 Å². The molecule has 1 N–H and O–H groups in total. The van der Waals surface area contributed by atoms with E-state index < -0.39 is 0 Å². The van der Waals surface area contributed by atoms with Gasteiger partial charge in [-0.3, -0.25) is 4.79 Å². The zero-order valence-electron chi connectivity index (χ0n) is 6.92. The number of piperidine rings is 1. The summed E-state index contributed by atoms with van der Waals surface area (Å²) in [6.07, 6.45) is 4.47. The molecule has 0 atom stereocenters. The van der Waals surface area contributed by atoms with Gasteiger partial charge in [0.25, 0.3) is 0 Å². The van der Waals surface area contributed by atoms with Gasteiger partial charge in [0.1, 0.15) is 0 Å². The minimum Gasteiger partial charge on any atom is -0.276 e. The fraction of sp³-hybridized carbons (Fsp3) is 0.857. The van der Waals surface area contributed by atoms with Crippen LogP contribution in [0.4, 0.5) is 0 Å². The summed E-state index contributed by atoms with van der Waals surface area (Å²) in [5.74, 6) is 0. The standard InChI is InChI=1S/C7H15N3O/c1-8-10(7-11)9-5-3-2-4-6-9/h7-8H,2-6H2,1H3. The van der Waals surface area contributed by atoms with Crippen LogP contribution in [-0.4, -0.2) is 36.7 Å². The van der Waals surface area contributed by atoms with Gasteiger partial charge in [-0.15, -0.1) is 0 Å². The molecule has 1 aliphatic rings. The quantitative estimate of drug-likeness (QED) is 0.462. The van der Waals surface area contributed by atoms with Gasteiger partial charge in [0.05, 0.1) is 0 Å². The second-order valence-electron chi connectivity index (χ2n) is 2.69. The molecule has 1 heterocycles. The molecule has 64 valence electrons. The molecule has 0 spiro atoms. The number of carbonyl (C=O) groups is 1. The van der Waals surface area contributed by atoms with E-state index >= 15 is 0 Å². The van der Waals surface area contributed by atoms with Crippen molar-refractivity contribution in [2.24, 2.45) is 0 Å². The van der Waals surface area contributed by atoms with Gasteiger partial charge < -0.3 is 0 Å². The van der Waals surface area contributed by atoms with Crippen LogP contribution in [0.1, 0.15) is 19.3 Å². The van der Waals surface area contributed by atoms with Crippen LogP contribution in [0.5, 0.6) is 0 Å². The lowest BCUT2D eigenvalue weighted by molar-refractivity contribution is -0.143. The van der Waals surface area contributed by atoms with Crippen LogP contribution in [0, 0.1) is 0 Å². The first-order valence-electron chi connectivity index (χ1n) is 4.05.